The minimum Gasteiger partial charge on any atom is -0.389 e. The van der Waals surface area contributed by atoms with Gasteiger partial charge in [-0.25, -0.2) is 0 Å². The molecule has 4 bridgehead atoms. The Kier molecular flexibility index (Phi) is 4.53. The Hall–Kier alpha value is -0.130. The second-order valence-corrected chi connectivity index (χ2v) is 11.9. The summed E-state index contributed by atoms with van der Waals surface area (Å²) in [6.07, 6.45) is 8.59. The van der Waals surface area contributed by atoms with E-state index in [2.05, 4.69) is 25.7 Å². The number of carbonyl (C=O) groups excluding carboxylic acids is 1. The Morgan fingerprint density at radius 3 is 2.24 bits per heavy atom. The van der Waals surface area contributed by atoms with Crippen LogP contribution in [0.3, 0.4) is 0 Å². The number of halogens is 1. The SMILES string of the molecule is CC(C)(O)CN1CCN(C(=O)CC23CC4CC(CC(Br)(C4)C2)C3)CC1. The molecule has 5 heteroatoms. The predicted octanol–water partition coefficient (Wildman–Crippen LogP) is 3.03. The zero-order chi connectivity index (χ0) is 17.9. The van der Waals surface area contributed by atoms with Gasteiger partial charge >= 0.3 is 0 Å². The monoisotopic (exact) mass is 412 g/mol. The van der Waals surface area contributed by atoms with Gasteiger partial charge in [0.15, 0.2) is 0 Å². The van der Waals surface area contributed by atoms with Crippen molar-refractivity contribution in [2.24, 2.45) is 17.3 Å². The maximum absolute atomic E-state index is 13.0. The van der Waals surface area contributed by atoms with E-state index in [-0.39, 0.29) is 5.41 Å². The molecule has 4 aliphatic carbocycles. The summed E-state index contributed by atoms with van der Waals surface area (Å²) in [5.41, 5.74) is -0.384. The van der Waals surface area contributed by atoms with Gasteiger partial charge in [0, 0.05) is 43.5 Å². The van der Waals surface area contributed by atoms with Crippen molar-refractivity contribution in [2.75, 3.05) is 32.7 Å². The lowest BCUT2D eigenvalue weighted by atomic mass is 9.48. The molecule has 1 N–H and O–H groups in total. The number of alkyl halides is 1. The predicted molar refractivity (Wildman–Crippen MR) is 103 cm³/mol. The van der Waals surface area contributed by atoms with Gasteiger partial charge in [0.25, 0.3) is 0 Å². The summed E-state index contributed by atoms with van der Waals surface area (Å²) < 4.78 is 0.336. The third-order valence-electron chi connectivity index (χ3n) is 6.97. The van der Waals surface area contributed by atoms with E-state index in [0.29, 0.717) is 16.8 Å². The second kappa shape index (κ2) is 6.20. The second-order valence-electron chi connectivity index (χ2n) is 10.3. The number of carbonyl (C=O) groups is 1. The van der Waals surface area contributed by atoms with Crippen LogP contribution in [0.4, 0.5) is 0 Å². The number of β-amino-alcohol motifs (C(OH)–C–C–N with tert-alkyl or cyclic N) is 1. The first kappa shape index (κ1) is 18.2. The highest BCUT2D eigenvalue weighted by Crippen LogP contribution is 2.65. The average molecular weight is 413 g/mol. The van der Waals surface area contributed by atoms with E-state index in [1.54, 1.807) is 0 Å². The van der Waals surface area contributed by atoms with Gasteiger partial charge in [0.2, 0.25) is 5.91 Å². The summed E-state index contributed by atoms with van der Waals surface area (Å²) in [5.74, 6) is 2.06. The quantitative estimate of drug-likeness (QED) is 0.721. The van der Waals surface area contributed by atoms with Gasteiger partial charge in [0.05, 0.1) is 5.60 Å². The summed E-state index contributed by atoms with van der Waals surface area (Å²) in [6, 6.07) is 0. The summed E-state index contributed by atoms with van der Waals surface area (Å²) in [7, 11) is 0. The summed E-state index contributed by atoms with van der Waals surface area (Å²) >= 11 is 4.06. The molecule has 1 aliphatic heterocycles. The van der Waals surface area contributed by atoms with Crippen molar-refractivity contribution in [2.45, 2.75) is 68.7 Å². The Labute approximate surface area is 160 Å². The van der Waals surface area contributed by atoms with Crippen molar-refractivity contribution in [1.29, 1.82) is 0 Å². The molecule has 0 spiro atoms. The summed E-state index contributed by atoms with van der Waals surface area (Å²) in [4.78, 5) is 17.4. The molecule has 5 aliphatic rings. The largest absolute Gasteiger partial charge is 0.389 e. The zero-order valence-electron chi connectivity index (χ0n) is 15.8. The maximum Gasteiger partial charge on any atom is 0.223 e. The number of amides is 1. The molecule has 2 unspecified atom stereocenters. The first-order chi connectivity index (χ1) is 11.6. The van der Waals surface area contributed by atoms with Gasteiger partial charge in [-0.05, 0) is 69.6 Å². The van der Waals surface area contributed by atoms with Gasteiger partial charge < -0.3 is 10.0 Å². The van der Waals surface area contributed by atoms with Crippen molar-refractivity contribution < 1.29 is 9.90 Å². The van der Waals surface area contributed by atoms with Crippen LogP contribution in [0.25, 0.3) is 0 Å². The molecule has 1 amide bonds. The Morgan fingerprint density at radius 2 is 1.72 bits per heavy atom. The molecular formula is C20H33BrN2O2. The van der Waals surface area contributed by atoms with Crippen LogP contribution < -0.4 is 0 Å². The fourth-order valence-corrected chi connectivity index (χ4v) is 8.19. The van der Waals surface area contributed by atoms with Gasteiger partial charge in [-0.2, -0.15) is 0 Å². The summed E-state index contributed by atoms with van der Waals surface area (Å²) in [6.45, 7) is 7.80. The average Bonchev–Trinajstić information content (AvgIpc) is 2.42. The molecule has 5 rings (SSSR count). The molecule has 0 aromatic rings. The molecule has 5 fully saturated rings. The lowest BCUT2D eigenvalue weighted by Gasteiger charge is -2.60. The van der Waals surface area contributed by atoms with Gasteiger partial charge in [-0.1, -0.05) is 15.9 Å². The van der Waals surface area contributed by atoms with Crippen molar-refractivity contribution in [3.8, 4) is 0 Å². The van der Waals surface area contributed by atoms with Crippen molar-refractivity contribution >= 4 is 21.8 Å². The highest BCUT2D eigenvalue weighted by atomic mass is 79.9. The van der Waals surface area contributed by atoms with Crippen LogP contribution in [0.5, 0.6) is 0 Å². The van der Waals surface area contributed by atoms with Crippen molar-refractivity contribution in [3.05, 3.63) is 0 Å². The zero-order valence-corrected chi connectivity index (χ0v) is 17.4. The highest BCUT2D eigenvalue weighted by molar-refractivity contribution is 9.10. The van der Waals surface area contributed by atoms with Crippen LogP contribution in [0, 0.1) is 17.3 Å². The van der Waals surface area contributed by atoms with Crippen LogP contribution in [-0.2, 0) is 4.79 Å². The fourth-order valence-electron chi connectivity index (χ4n) is 6.68. The van der Waals surface area contributed by atoms with E-state index in [1.807, 2.05) is 13.8 Å². The molecule has 2 atom stereocenters. The minimum absolute atomic E-state index is 0.273. The number of piperazine rings is 1. The molecule has 25 heavy (non-hydrogen) atoms. The van der Waals surface area contributed by atoms with E-state index in [9.17, 15) is 9.90 Å². The Balaban J connectivity index is 1.34. The molecule has 1 saturated heterocycles. The normalized spacial score (nSPS) is 41.4. The van der Waals surface area contributed by atoms with Gasteiger partial charge in [-0.15, -0.1) is 0 Å². The first-order valence-corrected chi connectivity index (χ1v) is 10.8. The Bertz CT molecular complexity index is 522. The number of hydrogen-bond donors (Lipinski definition) is 1. The third-order valence-corrected chi connectivity index (χ3v) is 7.90. The molecule has 0 aromatic carbocycles. The van der Waals surface area contributed by atoms with Gasteiger partial charge in [-0.3, -0.25) is 9.69 Å². The minimum atomic E-state index is -0.657. The maximum atomic E-state index is 13.0. The van der Waals surface area contributed by atoms with Crippen molar-refractivity contribution in [1.82, 2.24) is 9.80 Å². The lowest BCUT2D eigenvalue weighted by Crippen LogP contribution is -2.56. The van der Waals surface area contributed by atoms with Crippen LogP contribution in [0.15, 0.2) is 0 Å². The standard InChI is InChI=1S/C20H33BrN2O2/c1-18(2,25)14-22-3-5-23(6-4-22)17(24)12-19-8-15-7-16(9-19)11-20(21,10-15)13-19/h15-16,25H,3-14H2,1-2H3. The third kappa shape index (κ3) is 3.93. The van der Waals surface area contributed by atoms with Gasteiger partial charge in [0.1, 0.15) is 0 Å². The topological polar surface area (TPSA) is 43.8 Å². The number of nitrogens with zero attached hydrogens (tertiary/aromatic N) is 2. The van der Waals surface area contributed by atoms with Crippen LogP contribution in [-0.4, -0.2) is 63.5 Å². The molecule has 1 heterocycles. The molecule has 142 valence electrons. The molecular weight excluding hydrogens is 380 g/mol. The smallest absolute Gasteiger partial charge is 0.223 e. The summed E-state index contributed by atoms with van der Waals surface area (Å²) in [5, 5.41) is 9.98. The van der Waals surface area contributed by atoms with E-state index < -0.39 is 5.60 Å². The highest BCUT2D eigenvalue weighted by Gasteiger charge is 2.57. The molecule has 4 nitrogen and oxygen atoms in total. The lowest BCUT2D eigenvalue weighted by molar-refractivity contribution is -0.140. The van der Waals surface area contributed by atoms with E-state index in [0.717, 1.165) is 44.4 Å². The Morgan fingerprint density at radius 1 is 1.12 bits per heavy atom. The van der Waals surface area contributed by atoms with Crippen LogP contribution >= 0.6 is 15.9 Å². The number of rotatable bonds is 4. The first-order valence-electron chi connectivity index (χ1n) is 10.1. The number of aliphatic hydroxyl groups is 1. The van der Waals surface area contributed by atoms with Crippen LogP contribution in [0.2, 0.25) is 0 Å². The van der Waals surface area contributed by atoms with E-state index in [4.69, 9.17) is 0 Å². The van der Waals surface area contributed by atoms with E-state index in [1.165, 1.54) is 38.5 Å². The van der Waals surface area contributed by atoms with Crippen LogP contribution in [0.1, 0.15) is 58.8 Å². The van der Waals surface area contributed by atoms with E-state index >= 15 is 0 Å². The molecule has 0 radical (unpaired) electrons. The number of hydrogen-bond acceptors (Lipinski definition) is 3. The van der Waals surface area contributed by atoms with Crippen molar-refractivity contribution in [3.63, 3.8) is 0 Å². The molecule has 4 saturated carbocycles. The fraction of sp³-hybridized carbons (Fsp3) is 0.950. The molecule has 0 aromatic heterocycles.